The van der Waals surface area contributed by atoms with Gasteiger partial charge in [0.25, 0.3) is 5.91 Å². The van der Waals surface area contributed by atoms with Gasteiger partial charge in [-0.1, -0.05) is 43.2 Å². The molecule has 0 saturated carbocycles. The van der Waals surface area contributed by atoms with Crippen LogP contribution in [0.15, 0.2) is 49.6 Å². The van der Waals surface area contributed by atoms with Gasteiger partial charge in [0.15, 0.2) is 0 Å². The fraction of sp³-hybridized carbons (Fsp3) is 0.536. The zero-order valence-corrected chi connectivity index (χ0v) is 22.6. The molecular weight excluding hydrogens is 512 g/mol. The summed E-state index contributed by atoms with van der Waals surface area (Å²) in [6, 6.07) is 6.38. The number of likely N-dealkylation sites (tertiary alicyclic amines) is 1. The number of nitrogens with zero attached hydrogens (tertiary/aromatic N) is 2. The van der Waals surface area contributed by atoms with Gasteiger partial charge in [0.05, 0.1) is 16.6 Å². The second kappa shape index (κ2) is 12.0. The first-order valence-corrected chi connectivity index (χ1v) is 14.2. The summed E-state index contributed by atoms with van der Waals surface area (Å²) in [4.78, 5) is 44.8. The van der Waals surface area contributed by atoms with Crippen molar-refractivity contribution in [3.05, 3.63) is 54.6 Å². The molecule has 37 heavy (non-hydrogen) atoms. The molecule has 3 aliphatic heterocycles. The summed E-state index contributed by atoms with van der Waals surface area (Å²) in [5.74, 6) is -1.83. The Morgan fingerprint density at radius 2 is 1.92 bits per heavy atom. The normalized spacial score (nSPS) is 27.7. The summed E-state index contributed by atoms with van der Waals surface area (Å²) in [5, 5.41) is 9.63. The zero-order chi connectivity index (χ0) is 26.6. The fourth-order valence-electron chi connectivity index (χ4n) is 6.15. The second-order valence-electron chi connectivity index (χ2n) is 9.86. The maximum Gasteiger partial charge on any atom is 0.311 e. The number of rotatable bonds is 13. The van der Waals surface area contributed by atoms with Crippen molar-refractivity contribution in [2.45, 2.75) is 54.6 Å². The van der Waals surface area contributed by atoms with Crippen molar-refractivity contribution in [2.24, 2.45) is 11.8 Å². The van der Waals surface area contributed by atoms with Crippen molar-refractivity contribution in [1.82, 2.24) is 4.90 Å². The van der Waals surface area contributed by atoms with Crippen LogP contribution in [0, 0.1) is 11.8 Å². The number of aliphatic hydroxyl groups excluding tert-OH is 1. The number of unbranched alkanes of at least 4 members (excludes halogenated alkanes) is 3. The van der Waals surface area contributed by atoms with Crippen LogP contribution < -0.4 is 4.90 Å². The lowest BCUT2D eigenvalue weighted by Crippen LogP contribution is -2.55. The Labute approximate surface area is 227 Å². The lowest BCUT2D eigenvalue weighted by atomic mass is 9.71. The molecule has 0 aliphatic carbocycles. The van der Waals surface area contributed by atoms with Crippen LogP contribution in [0.3, 0.4) is 0 Å². The molecule has 0 aromatic heterocycles. The number of carbonyl (C=O) groups is 3. The van der Waals surface area contributed by atoms with Crippen LogP contribution in [0.5, 0.6) is 0 Å². The molecule has 3 heterocycles. The van der Waals surface area contributed by atoms with Gasteiger partial charge >= 0.3 is 5.97 Å². The van der Waals surface area contributed by atoms with Crippen molar-refractivity contribution in [3.8, 4) is 0 Å². The predicted molar refractivity (Wildman–Crippen MR) is 147 cm³/mol. The summed E-state index contributed by atoms with van der Waals surface area (Å²) in [5.41, 5.74) is 0.684. The highest BCUT2D eigenvalue weighted by molar-refractivity contribution is 8.02. The molecule has 0 radical (unpaired) electrons. The molecule has 1 N–H and O–H groups in total. The van der Waals surface area contributed by atoms with E-state index in [1.807, 2.05) is 0 Å². The molecule has 200 valence electrons. The van der Waals surface area contributed by atoms with Crippen molar-refractivity contribution in [1.29, 1.82) is 0 Å². The number of benzene rings is 1. The molecule has 4 rings (SSSR count). The topological polar surface area (TPSA) is 87.2 Å². The van der Waals surface area contributed by atoms with Gasteiger partial charge in [0.1, 0.15) is 12.6 Å². The van der Waals surface area contributed by atoms with Crippen LogP contribution in [-0.4, -0.2) is 70.1 Å². The van der Waals surface area contributed by atoms with Crippen LogP contribution >= 0.6 is 23.4 Å². The number of halogens is 1. The van der Waals surface area contributed by atoms with E-state index in [2.05, 4.69) is 13.2 Å². The lowest BCUT2D eigenvalue weighted by Gasteiger charge is -2.37. The van der Waals surface area contributed by atoms with Gasteiger partial charge in [-0.25, -0.2) is 0 Å². The summed E-state index contributed by atoms with van der Waals surface area (Å²) < 4.78 is 4.75. The van der Waals surface area contributed by atoms with Crippen molar-refractivity contribution in [2.75, 3.05) is 31.2 Å². The van der Waals surface area contributed by atoms with Gasteiger partial charge in [0.2, 0.25) is 5.91 Å². The molecule has 3 aliphatic rings. The minimum atomic E-state index is -0.689. The summed E-state index contributed by atoms with van der Waals surface area (Å²) in [6.07, 6.45) is 7.79. The maximum atomic E-state index is 14.4. The number of anilines is 1. The van der Waals surface area contributed by atoms with Gasteiger partial charge in [-0.2, -0.15) is 0 Å². The molecule has 2 unspecified atom stereocenters. The van der Waals surface area contributed by atoms with E-state index in [9.17, 15) is 14.4 Å². The van der Waals surface area contributed by atoms with E-state index in [1.54, 1.807) is 51.9 Å². The highest BCUT2D eigenvalue weighted by Crippen LogP contribution is 2.66. The van der Waals surface area contributed by atoms with E-state index in [4.69, 9.17) is 21.4 Å². The van der Waals surface area contributed by atoms with E-state index in [0.29, 0.717) is 30.1 Å². The third kappa shape index (κ3) is 5.20. The van der Waals surface area contributed by atoms with Gasteiger partial charge < -0.3 is 19.6 Å². The third-order valence-electron chi connectivity index (χ3n) is 7.67. The first kappa shape index (κ1) is 27.7. The molecule has 1 spiro atoms. The van der Waals surface area contributed by atoms with Gasteiger partial charge in [0, 0.05) is 35.7 Å². The smallest absolute Gasteiger partial charge is 0.311 e. The standard InChI is InChI=1S/C28H35ClN2O5S/c1-3-15-30(20-11-9-19(29)10-12-20)26(34)24-28-14-13-21(37-28)22(27(35)36-18-4-2)23(28)25(33)31(24)16-7-5-6-8-17-32/h3-4,9-12,21-24,32H,1-2,5-8,13-18H2/t21-,22+,23-,24?,28?/m0/s1. The minimum Gasteiger partial charge on any atom is -0.461 e. The predicted octanol–water partition coefficient (Wildman–Crippen LogP) is 4.23. The Morgan fingerprint density at radius 1 is 1.19 bits per heavy atom. The van der Waals surface area contributed by atoms with Crippen LogP contribution in [0.2, 0.25) is 5.02 Å². The Morgan fingerprint density at radius 3 is 2.59 bits per heavy atom. The Hall–Kier alpha value is -2.29. The number of thioether (sulfide) groups is 1. The van der Waals surface area contributed by atoms with Crippen LogP contribution in [0.25, 0.3) is 0 Å². The van der Waals surface area contributed by atoms with E-state index in [-0.39, 0.29) is 42.8 Å². The zero-order valence-electron chi connectivity index (χ0n) is 21.0. The molecule has 9 heteroatoms. The van der Waals surface area contributed by atoms with E-state index >= 15 is 0 Å². The number of ether oxygens (including phenoxy) is 1. The maximum absolute atomic E-state index is 14.4. The average Bonchev–Trinajstić information content (AvgIpc) is 3.53. The van der Waals surface area contributed by atoms with Crippen LogP contribution in [0.1, 0.15) is 38.5 Å². The molecule has 3 saturated heterocycles. The second-order valence-corrected chi connectivity index (χ2v) is 11.9. The van der Waals surface area contributed by atoms with E-state index in [1.165, 1.54) is 6.08 Å². The number of aliphatic hydroxyl groups is 1. The summed E-state index contributed by atoms with van der Waals surface area (Å²) >= 11 is 7.72. The van der Waals surface area contributed by atoms with E-state index < -0.39 is 22.6 Å². The number of fused-ring (bicyclic) bond motifs is 1. The Kier molecular flexibility index (Phi) is 9.03. The first-order chi connectivity index (χ1) is 17.9. The highest BCUT2D eigenvalue weighted by atomic mass is 35.5. The summed E-state index contributed by atoms with van der Waals surface area (Å²) in [7, 11) is 0. The molecule has 2 bridgehead atoms. The first-order valence-electron chi connectivity index (χ1n) is 12.9. The quantitative estimate of drug-likeness (QED) is 0.226. The SMILES string of the molecule is C=CCOC(=O)[C@@H]1[C@@H]2CCC3(S2)C(C(=O)N(CC=C)c2ccc(Cl)cc2)N(CCCCCCO)C(=O)[C@H]13. The van der Waals surface area contributed by atoms with Gasteiger partial charge in [-0.05, 0) is 49.9 Å². The Balaban J connectivity index is 1.68. The molecule has 3 fully saturated rings. The van der Waals surface area contributed by atoms with Crippen molar-refractivity contribution >= 4 is 46.8 Å². The molecular formula is C28H35ClN2O5S. The number of esters is 1. The Bertz CT molecular complexity index is 1030. The third-order valence-corrected chi connectivity index (χ3v) is 9.88. The highest BCUT2D eigenvalue weighted by Gasteiger charge is 2.74. The monoisotopic (exact) mass is 546 g/mol. The fourth-order valence-corrected chi connectivity index (χ4v) is 8.47. The van der Waals surface area contributed by atoms with Crippen molar-refractivity contribution in [3.63, 3.8) is 0 Å². The number of hydrogen-bond acceptors (Lipinski definition) is 6. The van der Waals surface area contributed by atoms with Crippen LogP contribution in [0.4, 0.5) is 5.69 Å². The largest absolute Gasteiger partial charge is 0.461 e. The lowest BCUT2D eigenvalue weighted by molar-refractivity contribution is -0.153. The summed E-state index contributed by atoms with van der Waals surface area (Å²) in [6.45, 7) is 8.42. The molecule has 2 amide bonds. The molecule has 7 nitrogen and oxygen atoms in total. The number of carbonyl (C=O) groups excluding carboxylic acids is 3. The average molecular weight is 547 g/mol. The molecule has 5 atom stereocenters. The van der Waals surface area contributed by atoms with Gasteiger partial charge in [-0.3, -0.25) is 14.4 Å². The van der Waals surface area contributed by atoms with Crippen molar-refractivity contribution < 1.29 is 24.2 Å². The van der Waals surface area contributed by atoms with E-state index in [0.717, 1.165) is 25.7 Å². The molecule has 1 aromatic rings. The van der Waals surface area contributed by atoms with Crippen LogP contribution in [-0.2, 0) is 19.1 Å². The minimum absolute atomic E-state index is 0.0448. The molecule has 1 aromatic carbocycles. The van der Waals surface area contributed by atoms with Gasteiger partial charge in [-0.15, -0.1) is 18.3 Å². The number of hydrogen-bond donors (Lipinski definition) is 1. The number of amides is 2.